The molecule has 1 unspecified atom stereocenters. The van der Waals surface area contributed by atoms with E-state index in [1.165, 1.54) is 85.9 Å². The number of aliphatic hydroxyl groups is 1. The Bertz CT molecular complexity index is 314. The summed E-state index contributed by atoms with van der Waals surface area (Å²) in [6.45, 7) is 4.63. The molecule has 0 fully saturated rings. The van der Waals surface area contributed by atoms with E-state index in [0.717, 1.165) is 0 Å². The monoisotopic (exact) mass is 513 g/mol. The van der Waals surface area contributed by atoms with Crippen LogP contribution in [0.5, 0.6) is 0 Å². The number of rotatable bonds is 18. The van der Waals surface area contributed by atoms with Gasteiger partial charge in [-0.1, -0.05) is 0 Å². The third-order valence-corrected chi connectivity index (χ3v) is 14.0. The van der Waals surface area contributed by atoms with Gasteiger partial charge < -0.3 is 0 Å². The second kappa shape index (κ2) is 19.3. The van der Waals surface area contributed by atoms with Gasteiger partial charge in [0.15, 0.2) is 0 Å². The molecule has 154 valence electrons. The number of hydrogen-bond donors (Lipinski definition) is 3. The number of unbranched alkanes of at least 4 members (excludes halogenated alkanes) is 10. The molecule has 0 aromatic rings. The van der Waals surface area contributed by atoms with Crippen molar-refractivity contribution in [1.29, 1.82) is 0 Å². The summed E-state index contributed by atoms with van der Waals surface area (Å²) in [5, 5.41) is 10.6. The minimum absolute atomic E-state index is 0.150. The van der Waals surface area contributed by atoms with Crippen LogP contribution >= 0.6 is 25.3 Å². The second-order valence-corrected chi connectivity index (χ2v) is 17.2. The molecule has 0 aromatic heterocycles. The van der Waals surface area contributed by atoms with Gasteiger partial charge in [-0.3, -0.25) is 0 Å². The molecule has 0 saturated heterocycles. The zero-order valence-corrected chi connectivity index (χ0v) is 21.6. The van der Waals surface area contributed by atoms with Crippen LogP contribution in [0.4, 0.5) is 0 Å². The second-order valence-electron chi connectivity index (χ2n) is 7.21. The number of carbonyl (C=O) groups excluding carboxylic acids is 1. The van der Waals surface area contributed by atoms with Crippen LogP contribution in [-0.2, 0) is 9.53 Å². The topological polar surface area (TPSA) is 46.5 Å². The van der Waals surface area contributed by atoms with Crippen molar-refractivity contribution < 1.29 is 14.6 Å². The number of aliphatic hydroxyl groups excluding tert-OH is 1. The van der Waals surface area contributed by atoms with Crippen LogP contribution in [0.1, 0.15) is 90.9 Å². The average molecular weight is 512 g/mol. The van der Waals surface area contributed by atoms with Gasteiger partial charge in [0.2, 0.25) is 0 Å². The predicted molar refractivity (Wildman–Crippen MR) is 121 cm³/mol. The summed E-state index contributed by atoms with van der Waals surface area (Å²) in [6, 6.07) is 0. The third-order valence-electron chi connectivity index (χ3n) is 4.77. The first-order valence-corrected chi connectivity index (χ1v) is 17.3. The van der Waals surface area contributed by atoms with Crippen molar-refractivity contribution in [1.82, 2.24) is 0 Å². The minimum atomic E-state index is -1.94. The summed E-state index contributed by atoms with van der Waals surface area (Å²) < 4.78 is 6.51. The van der Waals surface area contributed by atoms with E-state index >= 15 is 0 Å². The van der Waals surface area contributed by atoms with Crippen molar-refractivity contribution in [3.05, 3.63) is 0 Å². The van der Waals surface area contributed by atoms with Crippen LogP contribution in [0.25, 0.3) is 0 Å². The molecule has 0 aliphatic heterocycles. The molecule has 1 atom stereocenters. The van der Waals surface area contributed by atoms with Crippen LogP contribution in [0.15, 0.2) is 0 Å². The Morgan fingerprint density at radius 3 is 1.69 bits per heavy atom. The van der Waals surface area contributed by atoms with Gasteiger partial charge in [0.05, 0.1) is 0 Å². The summed E-state index contributed by atoms with van der Waals surface area (Å²) >= 11 is 5.99. The number of thiol groups is 2. The van der Waals surface area contributed by atoms with Gasteiger partial charge in [-0.15, -0.1) is 0 Å². The molecule has 0 aromatic carbocycles. The van der Waals surface area contributed by atoms with E-state index < -0.39 is 30.3 Å². The summed E-state index contributed by atoms with van der Waals surface area (Å²) in [7, 11) is 0. The molecule has 6 heteroatoms. The van der Waals surface area contributed by atoms with Gasteiger partial charge in [-0.2, -0.15) is 0 Å². The van der Waals surface area contributed by atoms with Crippen molar-refractivity contribution >= 4 is 51.0 Å². The number of hydrogen-bond acceptors (Lipinski definition) is 5. The average Bonchev–Trinajstić information content (AvgIpc) is 2.63. The first kappa shape index (κ1) is 26.9. The molecule has 0 saturated carbocycles. The summed E-state index contributed by atoms with van der Waals surface area (Å²) in [5.41, 5.74) is 0. The van der Waals surface area contributed by atoms with E-state index in [-0.39, 0.29) is 10.7 Å². The van der Waals surface area contributed by atoms with Crippen molar-refractivity contribution in [3.8, 4) is 0 Å². The van der Waals surface area contributed by atoms with Gasteiger partial charge in [0.1, 0.15) is 0 Å². The molecule has 0 spiro atoms. The molecule has 26 heavy (non-hydrogen) atoms. The van der Waals surface area contributed by atoms with Crippen molar-refractivity contribution in [2.24, 2.45) is 0 Å². The molecule has 0 aliphatic carbocycles. The Hall–Kier alpha value is 0.929. The first-order valence-electron chi connectivity index (χ1n) is 10.6. The standard InChI is InChI=1S/2C8H17.C4H7O3S2.Sn/c2*1-3-5-7-8-6-4-2;5-1-2-7-3(6)4(8)9;/h2*1,3-8H2,2H3;1,4-5,8-9H,2H2;/q;;;+1. The van der Waals surface area contributed by atoms with Crippen LogP contribution in [-0.4, -0.2) is 46.1 Å². The van der Waals surface area contributed by atoms with E-state index in [1.807, 2.05) is 0 Å². The Labute approximate surface area is 180 Å². The summed E-state index contributed by atoms with van der Waals surface area (Å²) in [5.74, 6) is -0.447. The fourth-order valence-corrected chi connectivity index (χ4v) is 10.8. The van der Waals surface area contributed by atoms with Gasteiger partial charge in [-0.05, 0) is 0 Å². The molecule has 0 amide bonds. The summed E-state index contributed by atoms with van der Waals surface area (Å²) in [6.07, 6.45) is 15.5. The molecule has 0 bridgehead atoms. The zero-order chi connectivity index (χ0) is 19.6. The fraction of sp³-hybridized carbons (Fsp3) is 0.950. The zero-order valence-electron chi connectivity index (χ0n) is 16.9. The maximum atomic E-state index is 11.5. The molecular formula is C20H41O3S2Sn+. The summed E-state index contributed by atoms with van der Waals surface area (Å²) in [4.78, 5) is 11.5. The molecule has 0 rings (SSSR count). The third kappa shape index (κ3) is 15.9. The van der Waals surface area contributed by atoms with Crippen LogP contribution in [0.3, 0.4) is 0 Å². The molecule has 1 N–H and O–H groups in total. The van der Waals surface area contributed by atoms with Gasteiger partial charge >= 0.3 is 181 Å². The number of esters is 1. The fourth-order valence-electron chi connectivity index (χ4n) is 3.08. The molecular weight excluding hydrogens is 471 g/mol. The molecule has 0 heterocycles. The normalized spacial score (nSPS) is 12.4. The predicted octanol–water partition coefficient (Wildman–Crippen LogP) is 5.83. The number of ether oxygens (including phenoxy) is 1. The Morgan fingerprint density at radius 2 is 1.27 bits per heavy atom. The van der Waals surface area contributed by atoms with E-state index in [2.05, 4.69) is 39.1 Å². The Kier molecular flexibility index (Phi) is 19.9. The van der Waals surface area contributed by atoms with E-state index in [0.29, 0.717) is 0 Å². The van der Waals surface area contributed by atoms with Gasteiger partial charge in [0.25, 0.3) is 0 Å². The van der Waals surface area contributed by atoms with Crippen molar-refractivity contribution in [2.75, 3.05) is 6.61 Å². The van der Waals surface area contributed by atoms with Gasteiger partial charge in [-0.25, -0.2) is 0 Å². The van der Waals surface area contributed by atoms with Crippen molar-refractivity contribution in [3.63, 3.8) is 0 Å². The first-order chi connectivity index (χ1) is 12.5. The van der Waals surface area contributed by atoms with Gasteiger partial charge in [0, 0.05) is 0 Å². The molecule has 0 aliphatic rings. The Morgan fingerprint density at radius 1 is 0.846 bits per heavy atom. The van der Waals surface area contributed by atoms with Crippen molar-refractivity contribution in [2.45, 2.75) is 108 Å². The Balaban J connectivity index is 4.17. The maximum absolute atomic E-state index is 11.5. The van der Waals surface area contributed by atoms with Crippen LogP contribution in [0, 0.1) is 0 Å². The molecule has 3 nitrogen and oxygen atoms in total. The van der Waals surface area contributed by atoms with Crippen LogP contribution < -0.4 is 0 Å². The quantitative estimate of drug-likeness (QED) is 0.0712. The van der Waals surface area contributed by atoms with E-state index in [1.54, 1.807) is 0 Å². The number of carbonyl (C=O) groups is 1. The van der Waals surface area contributed by atoms with Crippen LogP contribution in [0.2, 0.25) is 8.87 Å². The van der Waals surface area contributed by atoms with E-state index in [4.69, 9.17) is 4.74 Å². The van der Waals surface area contributed by atoms with E-state index in [9.17, 15) is 9.90 Å². The molecule has 0 radical (unpaired) electrons. The SMILES string of the molecule is CCCCCCC[CH2][Sn+]([CH2]CCCCCCC)[CH](O)COC(=O)C(S)S.